The van der Waals surface area contributed by atoms with E-state index in [2.05, 4.69) is 25.0 Å². The minimum absolute atomic E-state index is 0.134. The van der Waals surface area contributed by atoms with Crippen LogP contribution in [-0.4, -0.2) is 41.2 Å². The highest BCUT2D eigenvalue weighted by atomic mass is 19.4. The van der Waals surface area contributed by atoms with Gasteiger partial charge < -0.3 is 19.9 Å². The van der Waals surface area contributed by atoms with Crippen LogP contribution >= 0.6 is 0 Å². The minimum Gasteiger partial charge on any atom is -0.385 e. The Morgan fingerprint density at radius 3 is 2.48 bits per heavy atom. The van der Waals surface area contributed by atoms with Crippen molar-refractivity contribution in [2.45, 2.75) is 38.2 Å². The number of carbonyl (C=O) groups is 1. The first-order valence-corrected chi connectivity index (χ1v) is 9.86. The van der Waals surface area contributed by atoms with Gasteiger partial charge in [-0.05, 0) is 54.1 Å². The third-order valence-electron chi connectivity index (χ3n) is 5.98. The molecular weight excluding hydrogens is 462 g/mol. The average Bonchev–Trinajstić information content (AvgIpc) is 2.98. The lowest BCUT2D eigenvalue weighted by Crippen LogP contribution is -2.62. The summed E-state index contributed by atoms with van der Waals surface area (Å²) in [7, 11) is 0. The van der Waals surface area contributed by atoms with Gasteiger partial charge >= 0.3 is 24.1 Å². The van der Waals surface area contributed by atoms with E-state index in [1.807, 2.05) is 0 Å². The largest absolute Gasteiger partial charge is 0.493 e. The molecule has 1 saturated carbocycles. The fourth-order valence-electron chi connectivity index (χ4n) is 4.15. The molecule has 8 nitrogen and oxygen atoms in total. The topological polar surface area (TPSA) is 98.4 Å². The highest BCUT2D eigenvalue weighted by Crippen LogP contribution is 2.50. The highest BCUT2D eigenvalue weighted by molar-refractivity contribution is 5.75. The molecule has 180 valence electrons. The average molecular weight is 480 g/mol. The van der Waals surface area contributed by atoms with E-state index in [1.54, 1.807) is 6.92 Å². The van der Waals surface area contributed by atoms with Gasteiger partial charge in [-0.3, -0.25) is 0 Å². The maximum Gasteiger partial charge on any atom is 0.493 e. The summed E-state index contributed by atoms with van der Waals surface area (Å²) >= 11 is 0. The summed E-state index contributed by atoms with van der Waals surface area (Å²) in [5.41, 5.74) is -1.18. The number of anilines is 1. The molecule has 1 aliphatic heterocycles. The van der Waals surface area contributed by atoms with E-state index in [0.29, 0.717) is 0 Å². The van der Waals surface area contributed by atoms with Crippen LogP contribution in [0.4, 0.5) is 32.0 Å². The van der Waals surface area contributed by atoms with Gasteiger partial charge in [-0.15, -0.1) is 0 Å². The minimum atomic E-state index is -5.39. The lowest BCUT2D eigenvalue weighted by atomic mass is 9.57. The molecule has 4 rings (SSSR count). The van der Waals surface area contributed by atoms with Crippen molar-refractivity contribution in [2.75, 3.05) is 18.4 Å². The Morgan fingerprint density at radius 2 is 1.94 bits per heavy atom. The zero-order chi connectivity index (χ0) is 24.2. The molecule has 0 radical (unpaired) electrons. The molecule has 2 aromatic rings. The van der Waals surface area contributed by atoms with E-state index in [1.165, 1.54) is 0 Å². The lowest BCUT2D eigenvalue weighted by Gasteiger charge is -2.56. The second kappa shape index (κ2) is 7.78. The van der Waals surface area contributed by atoms with Crippen LogP contribution in [0, 0.1) is 11.3 Å². The van der Waals surface area contributed by atoms with Crippen molar-refractivity contribution in [2.24, 2.45) is 11.3 Å². The van der Waals surface area contributed by atoms with Gasteiger partial charge in [-0.25, -0.2) is 9.59 Å². The number of hydrogen-bond acceptors (Lipinski definition) is 7. The van der Waals surface area contributed by atoms with Gasteiger partial charge in [0, 0.05) is 30.4 Å². The van der Waals surface area contributed by atoms with Gasteiger partial charge in [0.2, 0.25) is 0 Å². The molecular formula is C19H18F6N4O4. The van der Waals surface area contributed by atoms with Crippen LogP contribution in [-0.2, 0) is 11.0 Å². The summed E-state index contributed by atoms with van der Waals surface area (Å²) in [6.45, 7) is 3.54. The second-order valence-corrected chi connectivity index (χ2v) is 8.39. The monoisotopic (exact) mass is 480 g/mol. The molecule has 2 heterocycles. The maximum absolute atomic E-state index is 13.5. The fourth-order valence-corrected chi connectivity index (χ4v) is 4.15. The Bertz CT molecular complexity index is 1110. The van der Waals surface area contributed by atoms with E-state index in [4.69, 9.17) is 0 Å². The van der Waals surface area contributed by atoms with Crippen molar-refractivity contribution in [1.29, 1.82) is 0 Å². The fraction of sp³-hybridized carbons (Fsp3) is 0.526. The van der Waals surface area contributed by atoms with Crippen LogP contribution < -0.4 is 21.2 Å². The molecule has 1 spiro atoms. The summed E-state index contributed by atoms with van der Waals surface area (Å²) < 4.78 is 82.3. The van der Waals surface area contributed by atoms with Gasteiger partial charge in [-0.1, -0.05) is 5.10 Å². The summed E-state index contributed by atoms with van der Waals surface area (Å²) in [4.78, 5) is 26.1. The Hall–Kier alpha value is -3.03. The Kier molecular flexibility index (Phi) is 5.46. The lowest BCUT2D eigenvalue weighted by molar-refractivity contribution is -0.202. The zero-order valence-electron chi connectivity index (χ0n) is 17.0. The summed E-state index contributed by atoms with van der Waals surface area (Å²) in [5.74, 6) is -4.73. The summed E-state index contributed by atoms with van der Waals surface area (Å²) in [6, 6.07) is 2.41. The highest BCUT2D eigenvalue weighted by Gasteiger charge is 2.50. The van der Waals surface area contributed by atoms with Crippen LogP contribution in [0.15, 0.2) is 27.4 Å². The van der Waals surface area contributed by atoms with Crippen LogP contribution in [0.1, 0.15) is 25.3 Å². The van der Waals surface area contributed by atoms with Crippen LogP contribution in [0.25, 0.3) is 11.5 Å². The van der Waals surface area contributed by atoms with Gasteiger partial charge in [0.15, 0.2) is 0 Å². The van der Waals surface area contributed by atoms with E-state index >= 15 is 0 Å². The SMILES string of the molecule is C[C@H](Nc1cc(-c2nn(OC(=O)C(F)(F)F)c(=O)o2)ccc1C(F)(F)F)C1CC2(CNC2)C1. The second-order valence-electron chi connectivity index (χ2n) is 8.39. The van der Waals surface area contributed by atoms with Crippen molar-refractivity contribution in [1.82, 2.24) is 15.3 Å². The first kappa shape index (κ1) is 23.1. The molecule has 14 heteroatoms. The zero-order valence-corrected chi connectivity index (χ0v) is 17.0. The smallest absolute Gasteiger partial charge is 0.385 e. The van der Waals surface area contributed by atoms with E-state index in [-0.39, 0.29) is 33.5 Å². The van der Waals surface area contributed by atoms with E-state index < -0.39 is 35.5 Å². The number of nitrogens with zero attached hydrogens (tertiary/aromatic N) is 2. The van der Waals surface area contributed by atoms with Crippen LogP contribution in [0.5, 0.6) is 0 Å². The van der Waals surface area contributed by atoms with Crippen molar-refractivity contribution in [3.05, 3.63) is 34.3 Å². The standard InChI is InChI=1S/C19H18F6N4O4/c1-9(11-5-17(6-11)7-26-8-17)27-13-4-10(2-3-12(13)18(20,21)22)14-28-29(16(31)32-14)33-15(30)19(23,24)25/h2-4,9,11,26-27H,5-8H2,1H3/t9-/m0/s1. The van der Waals surface area contributed by atoms with Crippen molar-refractivity contribution in [3.63, 3.8) is 0 Å². The summed E-state index contributed by atoms with van der Waals surface area (Å²) in [5, 5.41) is 9.37. The third kappa shape index (κ3) is 4.56. The van der Waals surface area contributed by atoms with Crippen LogP contribution in [0.2, 0.25) is 0 Å². The number of nitrogens with one attached hydrogen (secondary N) is 2. The number of halogens is 6. The van der Waals surface area contributed by atoms with Gasteiger partial charge in [-0.2, -0.15) is 26.3 Å². The molecule has 0 bridgehead atoms. The normalized spacial score (nSPS) is 19.0. The quantitative estimate of drug-likeness (QED) is 0.636. The van der Waals surface area contributed by atoms with Crippen molar-refractivity contribution < 1.29 is 40.4 Å². The first-order chi connectivity index (χ1) is 15.3. The molecule has 0 amide bonds. The van der Waals surface area contributed by atoms with E-state index in [9.17, 15) is 35.9 Å². The molecule has 1 saturated heterocycles. The van der Waals surface area contributed by atoms with Crippen molar-refractivity contribution in [3.8, 4) is 11.5 Å². The molecule has 0 unspecified atom stereocenters. The predicted octanol–water partition coefficient (Wildman–Crippen LogP) is 2.84. The number of alkyl halides is 6. The number of rotatable bonds is 5. The molecule has 2 fully saturated rings. The first-order valence-electron chi connectivity index (χ1n) is 9.86. The molecule has 1 atom stereocenters. The number of carbonyl (C=O) groups excluding carboxylic acids is 1. The molecule has 2 N–H and O–H groups in total. The van der Waals surface area contributed by atoms with Crippen LogP contribution in [0.3, 0.4) is 0 Å². The Balaban J connectivity index is 1.58. The third-order valence-corrected chi connectivity index (χ3v) is 5.98. The van der Waals surface area contributed by atoms with Gasteiger partial charge in [0.1, 0.15) is 0 Å². The molecule has 1 aromatic heterocycles. The van der Waals surface area contributed by atoms with Crippen molar-refractivity contribution >= 4 is 11.7 Å². The van der Waals surface area contributed by atoms with E-state index in [0.717, 1.165) is 44.1 Å². The molecule has 1 aliphatic carbocycles. The summed E-state index contributed by atoms with van der Waals surface area (Å²) in [6.07, 6.45) is -8.34. The van der Waals surface area contributed by atoms with Gasteiger partial charge in [0.25, 0.3) is 5.89 Å². The number of hydrogen-bond donors (Lipinski definition) is 2. The molecule has 33 heavy (non-hydrogen) atoms. The maximum atomic E-state index is 13.5. The molecule has 1 aromatic carbocycles. The Morgan fingerprint density at radius 1 is 1.27 bits per heavy atom. The number of benzene rings is 1. The number of aromatic nitrogens is 2. The Labute approximate surface area is 181 Å². The predicted molar refractivity (Wildman–Crippen MR) is 100.0 cm³/mol. The molecule has 2 aliphatic rings. The van der Waals surface area contributed by atoms with Gasteiger partial charge in [0.05, 0.1) is 5.56 Å².